The molecule has 8 heteroatoms. The Bertz CT molecular complexity index is 2810. The van der Waals surface area contributed by atoms with Gasteiger partial charge in [-0.15, -0.1) is 54.1 Å². The van der Waals surface area contributed by atoms with Gasteiger partial charge >= 0.3 is 0 Å². The van der Waals surface area contributed by atoms with E-state index in [2.05, 4.69) is 118 Å². The smallest absolute Gasteiger partial charge is 0.216 e. The second kappa shape index (κ2) is 16.7. The average molecular weight is 957 g/mol. The van der Waals surface area contributed by atoms with E-state index in [1.54, 1.807) is 12.1 Å². The number of para-hydroxylation sites is 3. The van der Waals surface area contributed by atoms with Crippen molar-refractivity contribution in [3.8, 4) is 39.6 Å². The van der Waals surface area contributed by atoms with Crippen LogP contribution < -0.4 is 5.19 Å². The maximum atomic E-state index is 13.5. The summed E-state index contributed by atoms with van der Waals surface area (Å²) in [5.41, 5.74) is 11.3. The van der Waals surface area contributed by atoms with E-state index in [9.17, 15) is 4.39 Å². The fourth-order valence-corrected chi connectivity index (χ4v) is 8.34. The number of rotatable bonds is 7. The molecule has 0 atom stereocenters. The molecule has 0 bridgehead atoms. The van der Waals surface area contributed by atoms with Crippen molar-refractivity contribution in [2.24, 2.45) is 0 Å². The first-order chi connectivity index (χ1) is 27.5. The van der Waals surface area contributed by atoms with Crippen LogP contribution in [0, 0.1) is 17.9 Å². The minimum Gasteiger partial charge on any atom is -0.486 e. The molecule has 293 valence electrons. The average Bonchev–Trinajstić information content (AvgIpc) is 3.79. The zero-order valence-corrected chi connectivity index (χ0v) is 37.2. The molecule has 4 heterocycles. The third kappa shape index (κ3) is 7.97. The van der Waals surface area contributed by atoms with E-state index in [0.717, 1.165) is 55.7 Å². The predicted octanol–water partition coefficient (Wildman–Crippen LogP) is 12.9. The molecule has 0 aliphatic rings. The van der Waals surface area contributed by atoms with Crippen LogP contribution in [0.5, 0.6) is 0 Å². The SMILES string of the molecule is CC(C)c1cccc(C(C)C)c1-n1c(-c2[c-]ccc3c2oc2nc(-c4ccc(F)cc4)ccc23)nc2ccccc21.C[Si](C)(C)c1ccc(-c2[c-]cccc2)nc1.[Ir]. The number of fused-ring (bicyclic) bond motifs is 4. The first-order valence-electron chi connectivity index (χ1n) is 19.5. The summed E-state index contributed by atoms with van der Waals surface area (Å²) in [6.45, 7) is 15.9. The predicted molar refractivity (Wildman–Crippen MR) is 235 cm³/mol. The van der Waals surface area contributed by atoms with Gasteiger partial charge in [0.2, 0.25) is 5.71 Å². The molecular weight excluding hydrogens is 912 g/mol. The Morgan fingerprint density at radius 1 is 0.672 bits per heavy atom. The second-order valence-electron chi connectivity index (χ2n) is 16.1. The van der Waals surface area contributed by atoms with Gasteiger partial charge in [-0.3, -0.25) is 4.98 Å². The van der Waals surface area contributed by atoms with Gasteiger partial charge in [0.1, 0.15) is 5.82 Å². The van der Waals surface area contributed by atoms with E-state index in [1.807, 2.05) is 60.8 Å². The summed E-state index contributed by atoms with van der Waals surface area (Å²) in [5.74, 6) is 1.14. The molecule has 0 N–H and O–H groups in total. The van der Waals surface area contributed by atoms with Gasteiger partial charge in [-0.2, -0.15) is 0 Å². The van der Waals surface area contributed by atoms with Gasteiger partial charge in [-0.25, -0.2) is 9.37 Å². The zero-order chi connectivity index (χ0) is 39.8. The molecule has 5 nitrogen and oxygen atoms in total. The van der Waals surface area contributed by atoms with E-state index in [-0.39, 0.29) is 25.9 Å². The number of imidazole rings is 1. The van der Waals surface area contributed by atoms with Gasteiger partial charge in [0.05, 0.1) is 36.2 Å². The number of aromatic nitrogens is 4. The van der Waals surface area contributed by atoms with Crippen LogP contribution in [-0.4, -0.2) is 27.6 Å². The molecule has 0 unspecified atom stereocenters. The first-order valence-corrected chi connectivity index (χ1v) is 23.0. The van der Waals surface area contributed by atoms with Gasteiger partial charge in [0.15, 0.2) is 0 Å². The number of benzene rings is 5. The van der Waals surface area contributed by atoms with Gasteiger partial charge in [-0.05, 0) is 82.4 Å². The van der Waals surface area contributed by atoms with Gasteiger partial charge in [0.25, 0.3) is 0 Å². The Morgan fingerprint density at radius 3 is 2.03 bits per heavy atom. The summed E-state index contributed by atoms with van der Waals surface area (Å²) in [5, 5.41) is 3.26. The minimum absolute atomic E-state index is 0. The van der Waals surface area contributed by atoms with E-state index < -0.39 is 8.07 Å². The molecule has 9 rings (SSSR count). The maximum Gasteiger partial charge on any atom is 0.216 e. The Kier molecular flexibility index (Phi) is 11.7. The summed E-state index contributed by atoms with van der Waals surface area (Å²) >= 11 is 0. The molecule has 0 saturated carbocycles. The molecule has 0 spiro atoms. The monoisotopic (exact) mass is 957 g/mol. The number of hydrogen-bond acceptors (Lipinski definition) is 4. The Morgan fingerprint density at radius 2 is 1.38 bits per heavy atom. The van der Waals surface area contributed by atoms with Gasteiger partial charge in [-0.1, -0.05) is 101 Å². The number of furan rings is 1. The maximum absolute atomic E-state index is 13.5. The first kappa shape index (κ1) is 40.7. The van der Waals surface area contributed by atoms with Crippen molar-refractivity contribution >= 4 is 46.4 Å². The zero-order valence-electron chi connectivity index (χ0n) is 33.8. The fraction of sp³-hybridized carbons (Fsp3) is 0.180. The van der Waals surface area contributed by atoms with E-state index in [4.69, 9.17) is 14.4 Å². The van der Waals surface area contributed by atoms with Crippen molar-refractivity contribution in [1.82, 2.24) is 19.5 Å². The summed E-state index contributed by atoms with van der Waals surface area (Å²) in [6.07, 6.45) is 2.02. The molecule has 1 radical (unpaired) electrons. The molecule has 0 fully saturated rings. The standard InChI is InChI=1S/C36H29FN3O.C14H16NSi.Ir/c1-21(2)25-9-7-10-26(22(3)4)33(25)40-32-14-6-5-13-31(32)38-35(40)29-12-8-11-27-28-19-20-30(39-36(28)41-34(27)29)23-15-17-24(37)18-16-23;1-16(2,3)13-9-10-14(15-11-13)12-7-5-4-6-8-12;/h5-11,13-22H,1-4H3;4-7,9-11H,1-3H3;/q2*-1;. The Labute approximate surface area is 354 Å². The van der Waals surface area contributed by atoms with Crippen LogP contribution in [-0.2, 0) is 20.1 Å². The molecular formula is C50H45FIrN4OSi-2. The van der Waals surface area contributed by atoms with E-state index in [0.29, 0.717) is 23.1 Å². The number of nitrogens with zero attached hydrogens (tertiary/aromatic N) is 4. The summed E-state index contributed by atoms with van der Waals surface area (Å²) < 4.78 is 22.3. The normalized spacial score (nSPS) is 11.6. The molecule has 0 amide bonds. The van der Waals surface area contributed by atoms with Crippen LogP contribution in [0.25, 0.3) is 72.7 Å². The van der Waals surface area contributed by atoms with Crippen molar-refractivity contribution < 1.29 is 28.9 Å². The summed E-state index contributed by atoms with van der Waals surface area (Å²) in [6, 6.07) is 48.0. The molecule has 0 aliphatic carbocycles. The Balaban J connectivity index is 0.000000254. The minimum atomic E-state index is -1.23. The van der Waals surface area contributed by atoms with E-state index in [1.165, 1.54) is 34.1 Å². The third-order valence-electron chi connectivity index (χ3n) is 10.4. The Hall–Kier alpha value is -5.53. The van der Waals surface area contributed by atoms with Crippen LogP contribution in [0.15, 0.2) is 138 Å². The van der Waals surface area contributed by atoms with Crippen molar-refractivity contribution in [3.05, 3.63) is 163 Å². The molecule has 58 heavy (non-hydrogen) atoms. The van der Waals surface area contributed by atoms with Gasteiger partial charge in [0, 0.05) is 42.9 Å². The number of pyridine rings is 2. The van der Waals surface area contributed by atoms with Crippen LogP contribution in [0.4, 0.5) is 4.39 Å². The summed E-state index contributed by atoms with van der Waals surface area (Å²) in [7, 11) is -1.23. The van der Waals surface area contributed by atoms with Crippen molar-refractivity contribution in [2.75, 3.05) is 0 Å². The molecule has 4 aromatic heterocycles. The molecule has 9 aromatic rings. The van der Waals surface area contributed by atoms with Gasteiger partial charge < -0.3 is 14.0 Å². The molecule has 5 aromatic carbocycles. The number of hydrogen-bond donors (Lipinski definition) is 0. The van der Waals surface area contributed by atoms with Crippen LogP contribution in [0.3, 0.4) is 0 Å². The largest absolute Gasteiger partial charge is 0.486 e. The van der Waals surface area contributed by atoms with E-state index >= 15 is 0 Å². The molecule has 0 saturated heterocycles. The topological polar surface area (TPSA) is 56.7 Å². The summed E-state index contributed by atoms with van der Waals surface area (Å²) in [4.78, 5) is 14.5. The van der Waals surface area contributed by atoms with Crippen LogP contribution in [0.1, 0.15) is 50.7 Å². The fourth-order valence-electron chi connectivity index (χ4n) is 7.31. The quantitative estimate of drug-likeness (QED) is 0.118. The second-order valence-corrected chi connectivity index (χ2v) is 21.1. The number of halogens is 1. The van der Waals surface area contributed by atoms with Crippen LogP contribution >= 0.6 is 0 Å². The van der Waals surface area contributed by atoms with Crippen molar-refractivity contribution in [2.45, 2.75) is 59.2 Å². The third-order valence-corrected chi connectivity index (χ3v) is 12.4. The van der Waals surface area contributed by atoms with Crippen molar-refractivity contribution in [1.29, 1.82) is 0 Å². The molecule has 0 aliphatic heterocycles. The van der Waals surface area contributed by atoms with Crippen molar-refractivity contribution in [3.63, 3.8) is 0 Å². The van der Waals surface area contributed by atoms with Crippen LogP contribution in [0.2, 0.25) is 19.6 Å².